The van der Waals surface area contributed by atoms with Crippen LogP contribution in [0.3, 0.4) is 0 Å². The summed E-state index contributed by atoms with van der Waals surface area (Å²) in [7, 11) is 0. The van der Waals surface area contributed by atoms with Crippen molar-refractivity contribution in [2.75, 3.05) is 0 Å². The molecule has 0 spiro atoms. The molecule has 0 amide bonds. The van der Waals surface area contributed by atoms with E-state index < -0.39 is 0 Å². The molecule has 6 saturated carbocycles. The number of aromatic amines is 4. The minimum Gasteiger partial charge on any atom is -0.462 e. The van der Waals surface area contributed by atoms with Gasteiger partial charge in [0.25, 0.3) is 0 Å². The van der Waals surface area contributed by atoms with E-state index in [9.17, 15) is 9.59 Å². The molecule has 600 valence electrons. The molecule has 6 aromatic carbocycles. The summed E-state index contributed by atoms with van der Waals surface area (Å²) in [5, 5.41) is 0. The number of ether oxygens (including phenoxy) is 2. The Morgan fingerprint density at radius 1 is 0.298 bits per heavy atom. The molecule has 4 N–H and O–H groups in total. The quantitative estimate of drug-likeness (QED) is 0.0877. The first-order valence-corrected chi connectivity index (χ1v) is 44.5. The lowest BCUT2D eigenvalue weighted by atomic mass is 9.45. The van der Waals surface area contributed by atoms with Gasteiger partial charge in [0.1, 0.15) is 12.2 Å². The second-order valence-corrected chi connectivity index (χ2v) is 36.4. The second-order valence-electron chi connectivity index (χ2n) is 36.4. The van der Waals surface area contributed by atoms with Crippen LogP contribution < -0.4 is 0 Å². The van der Waals surface area contributed by atoms with Crippen LogP contribution >= 0.6 is 0 Å². The third-order valence-corrected chi connectivity index (χ3v) is 30.0. The third kappa shape index (κ3) is 13.5. The first-order valence-electron chi connectivity index (χ1n) is 44.5. The van der Waals surface area contributed by atoms with Crippen molar-refractivity contribution in [3.8, 4) is 66.8 Å². The first-order chi connectivity index (χ1) is 59.5. The monoisotopic (exact) mass is 1580 g/mol. The molecule has 8 atom stereocenters. The highest BCUT2D eigenvalue weighted by Gasteiger charge is 2.62. The molecule has 12 aromatic rings. The lowest BCUT2D eigenvalue weighted by molar-refractivity contribution is -0.174. The van der Waals surface area contributed by atoms with Gasteiger partial charge in [-0.2, -0.15) is 0 Å². The van der Waals surface area contributed by atoms with E-state index in [1.165, 1.54) is 17.5 Å². The largest absolute Gasteiger partial charge is 0.462 e. The van der Waals surface area contributed by atoms with E-state index in [0.29, 0.717) is 23.7 Å². The fraction of sp³-hybridized carbons (Fsp3) is 0.284. The van der Waals surface area contributed by atoms with Gasteiger partial charge < -0.3 is 29.4 Å². The number of fused-ring (bicyclic) bond motifs is 21. The van der Waals surface area contributed by atoms with Crippen molar-refractivity contribution in [1.82, 2.24) is 39.9 Å². The molecule has 12 heteroatoms. The van der Waals surface area contributed by atoms with Gasteiger partial charge in [-0.15, -0.1) is 0 Å². The predicted octanol–water partition coefficient (Wildman–Crippen LogP) is 26.7. The number of esters is 2. The Morgan fingerprint density at radius 2 is 0.595 bits per heavy atom. The van der Waals surface area contributed by atoms with Gasteiger partial charge in [-0.3, -0.25) is 9.59 Å². The summed E-state index contributed by atoms with van der Waals surface area (Å²) in [5.74, 6) is 2.21. The zero-order valence-electron chi connectivity index (χ0n) is 68.8. The average Bonchev–Trinajstić information content (AvgIpc) is 1.70. The Balaban J connectivity index is 0.486. The van der Waals surface area contributed by atoms with Crippen molar-refractivity contribution >= 4 is 105 Å². The van der Waals surface area contributed by atoms with Gasteiger partial charge in [-0.1, -0.05) is 196 Å². The number of benzene rings is 6. The molecule has 6 aliphatic carbocycles. The highest BCUT2D eigenvalue weighted by Crippen LogP contribution is 2.67. The topological polar surface area (TPSA) is 167 Å². The molecular formula is C109H100N8O4. The Labute approximate surface area is 706 Å². The minimum absolute atomic E-state index is 0.00123. The molecular weight excluding hydrogens is 1490 g/mol. The fourth-order valence-corrected chi connectivity index (χ4v) is 24.0. The number of nitrogens with one attached hydrogen (secondary N) is 4. The van der Waals surface area contributed by atoms with E-state index in [1.807, 2.05) is 0 Å². The molecule has 0 unspecified atom stereocenters. The molecule has 10 aliphatic rings. The molecule has 0 saturated heterocycles. The van der Waals surface area contributed by atoms with Crippen LogP contribution in [-0.2, 0) is 19.1 Å². The van der Waals surface area contributed by atoms with E-state index >= 15 is 0 Å². The highest BCUT2D eigenvalue weighted by molar-refractivity contribution is 6.01. The van der Waals surface area contributed by atoms with E-state index in [2.05, 4.69) is 313 Å². The summed E-state index contributed by atoms with van der Waals surface area (Å²) in [5.41, 5.74) is 30.3. The SMILES string of the molecule is C[C@]12CC[C@@H](OC(=O)C3CCC(c4c5nc(c(-c6ccccc6)c6ccc([nH]6)c(-c6ccccc6)c6nc(c(-c7ccccc7)c7ccc4[nH]7)C=C6)C=C5)CC3)C[C@@H]1CC[C@@H]1[C@@H]2CC[C@]2(C)[C@@H](OC(=O)C3CCC(c4c5nc(c(-c6ccccc6)c6ccc([nH]6)c(-c6ccccc6)c6nc(c(-c7ccccc7)c7ccc4[nH]7)C=C6)C=C5)CC3)CC[C@@H]12. The van der Waals surface area contributed by atoms with Crippen molar-refractivity contribution in [3.63, 3.8) is 0 Å². The van der Waals surface area contributed by atoms with Crippen LogP contribution in [0.1, 0.15) is 192 Å². The number of hydrogen-bond acceptors (Lipinski definition) is 8. The molecule has 121 heavy (non-hydrogen) atoms. The average molecular weight is 1590 g/mol. The Kier molecular flexibility index (Phi) is 19.1. The normalized spacial score (nSPS) is 24.5. The molecule has 16 bridgehead atoms. The summed E-state index contributed by atoms with van der Waals surface area (Å²) in [6, 6.07) is 81.3. The predicted molar refractivity (Wildman–Crippen MR) is 491 cm³/mol. The molecule has 12 nitrogen and oxygen atoms in total. The second kappa shape index (κ2) is 30.9. The third-order valence-electron chi connectivity index (χ3n) is 30.0. The summed E-state index contributed by atoms with van der Waals surface area (Å²) in [6.07, 6.45) is 33.3. The maximum absolute atomic E-state index is 15.0. The lowest BCUT2D eigenvalue weighted by Crippen LogP contribution is -2.55. The van der Waals surface area contributed by atoms with Crippen molar-refractivity contribution in [1.29, 1.82) is 0 Å². The van der Waals surface area contributed by atoms with Crippen LogP contribution in [0.25, 0.3) is 160 Å². The van der Waals surface area contributed by atoms with Crippen LogP contribution in [0.15, 0.2) is 231 Å². The number of carbonyl (C=O) groups excluding carboxylic acids is 2. The van der Waals surface area contributed by atoms with Crippen LogP contribution in [0.5, 0.6) is 0 Å². The maximum Gasteiger partial charge on any atom is 0.309 e. The Hall–Kier alpha value is -12.5. The van der Waals surface area contributed by atoms with E-state index in [-0.39, 0.29) is 58.6 Å². The van der Waals surface area contributed by atoms with Gasteiger partial charge in [0.2, 0.25) is 0 Å². The van der Waals surface area contributed by atoms with Gasteiger partial charge in [0, 0.05) is 94.1 Å². The molecule has 6 aromatic heterocycles. The van der Waals surface area contributed by atoms with Crippen molar-refractivity contribution < 1.29 is 19.1 Å². The number of hydrogen-bond donors (Lipinski definition) is 4. The van der Waals surface area contributed by atoms with Crippen molar-refractivity contribution in [2.45, 2.75) is 147 Å². The van der Waals surface area contributed by atoms with Crippen LogP contribution in [0.2, 0.25) is 0 Å². The zero-order chi connectivity index (χ0) is 80.9. The van der Waals surface area contributed by atoms with Gasteiger partial charge >= 0.3 is 11.9 Å². The fourth-order valence-electron chi connectivity index (χ4n) is 24.0. The van der Waals surface area contributed by atoms with E-state index in [1.54, 1.807) is 0 Å². The smallest absolute Gasteiger partial charge is 0.309 e. The van der Waals surface area contributed by atoms with E-state index in [0.717, 1.165) is 259 Å². The highest BCUT2D eigenvalue weighted by atomic mass is 16.5. The van der Waals surface area contributed by atoms with Gasteiger partial charge in [-0.25, -0.2) is 19.9 Å². The minimum atomic E-state index is -0.160. The molecule has 6 fully saturated rings. The number of carbonyl (C=O) groups is 2. The standard InChI is InChI=1S/C109H100N8O4/c1-108-63-61-77(120-106(118)74-37-33-72(34-38-74)104-93-56-52-89(114-93)100(68-25-13-5-14-26-68)85-48-44-81(110-85)98(66-21-9-3-10-22-66)82-45-49-86(111-82)101(69-27-15-6-16-28-69)90-53-57-94(104)115-90)65-76(108)41-42-78-79-43-60-97(109(79,2)64-62-80(78)108)121-107(119)75-39-35-73(36-40-75)105-95-58-54-91(116-95)102(70-29-17-7-18-30-70)87-50-46-83(112-87)99(67-23-11-4-12-24-67)84-47-51-88(113-84)103(71-31-19-8-20-32-71)92-55-59-96(105)117-92/h3-32,44-59,72-80,97,110,112,115,117H,33-43,60-65H2,1-2H3/t72?,73?,74?,75?,76-,77+,78-,79-,80-,97-,108-,109-/m0/s1. The Morgan fingerprint density at radius 3 is 0.950 bits per heavy atom. The molecule has 22 rings (SSSR count). The number of rotatable bonds is 12. The summed E-state index contributed by atoms with van der Waals surface area (Å²) in [6.45, 7) is 5.09. The van der Waals surface area contributed by atoms with Crippen LogP contribution in [-0.4, -0.2) is 64.0 Å². The summed E-state index contributed by atoms with van der Waals surface area (Å²) >= 11 is 0. The van der Waals surface area contributed by atoms with Gasteiger partial charge in [0.05, 0.1) is 57.4 Å². The van der Waals surface area contributed by atoms with Crippen molar-refractivity contribution in [2.24, 2.45) is 46.3 Å². The first kappa shape index (κ1) is 74.7. The number of nitrogens with zero attached hydrogens (tertiary/aromatic N) is 4. The molecule has 10 heterocycles. The molecule has 0 radical (unpaired) electrons. The lowest BCUT2D eigenvalue weighted by Gasteiger charge is -2.60. The summed E-state index contributed by atoms with van der Waals surface area (Å²) < 4.78 is 13.7. The van der Waals surface area contributed by atoms with Crippen LogP contribution in [0, 0.1) is 46.3 Å². The number of H-pyrrole nitrogens is 4. The molecule has 4 aliphatic heterocycles. The van der Waals surface area contributed by atoms with Gasteiger partial charge in [0.15, 0.2) is 0 Å². The summed E-state index contributed by atoms with van der Waals surface area (Å²) in [4.78, 5) is 67.7. The van der Waals surface area contributed by atoms with Crippen molar-refractivity contribution in [3.05, 3.63) is 287 Å². The van der Waals surface area contributed by atoms with Gasteiger partial charge in [-0.05, 0) is 281 Å². The maximum atomic E-state index is 15.0. The van der Waals surface area contributed by atoms with E-state index in [4.69, 9.17) is 29.4 Å². The Bertz CT molecular complexity index is 6460. The van der Waals surface area contributed by atoms with Crippen LogP contribution in [0.4, 0.5) is 0 Å². The zero-order valence-corrected chi connectivity index (χ0v) is 68.8. The number of aromatic nitrogens is 8.